The summed E-state index contributed by atoms with van der Waals surface area (Å²) in [5, 5.41) is 17.0. The Morgan fingerprint density at radius 2 is 1.66 bits per heavy atom. The minimum Gasteiger partial charge on any atom is -0.393 e. The van der Waals surface area contributed by atoms with Crippen molar-refractivity contribution >= 4 is 39.8 Å². The van der Waals surface area contributed by atoms with E-state index in [0.29, 0.717) is 43.7 Å². The van der Waals surface area contributed by atoms with Crippen molar-refractivity contribution in [3.63, 3.8) is 0 Å². The number of imide groups is 1. The van der Waals surface area contributed by atoms with Crippen LogP contribution in [0.1, 0.15) is 107 Å². The lowest BCUT2D eigenvalue weighted by molar-refractivity contribution is -0.135. The zero-order valence-electron chi connectivity index (χ0n) is 35.8. The van der Waals surface area contributed by atoms with Crippen LogP contribution in [0.4, 0.5) is 5.95 Å². The summed E-state index contributed by atoms with van der Waals surface area (Å²) in [5.74, 6) is -0.0420. The molecule has 2 aliphatic heterocycles. The third kappa shape index (κ3) is 10.1. The molecule has 1 atom stereocenters. The van der Waals surface area contributed by atoms with Gasteiger partial charge >= 0.3 is 5.69 Å². The number of carbonyl (C=O) groups excluding carboxylic acids is 2. The number of aliphatic hydroxyl groups excluding tert-OH is 1. The number of anilines is 1. The van der Waals surface area contributed by atoms with Crippen LogP contribution >= 0.6 is 0 Å². The Bertz CT molecular complexity index is 2330. The molecular formula is C47H62N8O6. The van der Waals surface area contributed by atoms with Crippen LogP contribution in [-0.4, -0.2) is 97.2 Å². The van der Waals surface area contributed by atoms with E-state index < -0.39 is 11.9 Å². The number of likely N-dealkylation sites (tertiary alicyclic amines) is 1. The fourth-order valence-electron chi connectivity index (χ4n) is 9.30. The second-order valence-electron chi connectivity index (χ2n) is 17.2. The second-order valence-corrected chi connectivity index (χ2v) is 17.2. The summed E-state index contributed by atoms with van der Waals surface area (Å²) in [6.45, 7) is 7.99. The zero-order chi connectivity index (χ0) is 42.3. The molecule has 3 aliphatic rings. The Hall–Kier alpha value is -4.89. The average molecular weight is 835 g/mol. The zero-order valence-corrected chi connectivity index (χ0v) is 35.8. The lowest BCUT2D eigenvalue weighted by atomic mass is 9.93. The summed E-state index contributed by atoms with van der Waals surface area (Å²) in [4.78, 5) is 49.4. The third-order valence-corrected chi connectivity index (χ3v) is 12.9. The van der Waals surface area contributed by atoms with Gasteiger partial charge in [0.1, 0.15) is 11.7 Å². The van der Waals surface area contributed by atoms with Gasteiger partial charge in [-0.3, -0.25) is 28.9 Å². The molecule has 0 radical (unpaired) electrons. The Balaban J connectivity index is 0.748. The number of imidazole rings is 1. The lowest BCUT2D eigenvalue weighted by Gasteiger charge is -2.32. The minimum absolute atomic E-state index is 0.201. The van der Waals surface area contributed by atoms with Crippen molar-refractivity contribution < 1.29 is 24.2 Å². The summed E-state index contributed by atoms with van der Waals surface area (Å²) in [5.41, 5.74) is 6.93. The largest absolute Gasteiger partial charge is 0.393 e. The molecule has 8 rings (SSSR count). The minimum atomic E-state index is -0.680. The molecule has 0 unspecified atom stereocenters. The molecule has 14 nitrogen and oxygen atoms in total. The molecule has 326 valence electrons. The number of ether oxygens (including phenoxy) is 2. The van der Waals surface area contributed by atoms with Gasteiger partial charge in [-0.15, -0.1) is 0 Å². The van der Waals surface area contributed by atoms with Gasteiger partial charge in [-0.1, -0.05) is 43.7 Å². The van der Waals surface area contributed by atoms with Crippen molar-refractivity contribution in [3.8, 4) is 11.1 Å². The molecule has 3 aromatic heterocycles. The van der Waals surface area contributed by atoms with Gasteiger partial charge in [0.05, 0.1) is 23.2 Å². The number of rotatable bonds is 18. The van der Waals surface area contributed by atoms with Crippen molar-refractivity contribution in [2.75, 3.05) is 44.8 Å². The van der Waals surface area contributed by atoms with Crippen LogP contribution < -0.4 is 16.3 Å². The first-order valence-electron chi connectivity index (χ1n) is 22.6. The van der Waals surface area contributed by atoms with Crippen molar-refractivity contribution in [2.24, 2.45) is 7.05 Å². The number of amides is 2. The predicted molar refractivity (Wildman–Crippen MR) is 236 cm³/mol. The van der Waals surface area contributed by atoms with Crippen LogP contribution in [0.5, 0.6) is 0 Å². The maximum Gasteiger partial charge on any atom is 0.329 e. The molecule has 1 aliphatic carbocycles. The molecule has 5 heterocycles. The van der Waals surface area contributed by atoms with Gasteiger partial charge in [0.2, 0.25) is 17.8 Å². The van der Waals surface area contributed by atoms with Gasteiger partial charge in [0.15, 0.2) is 0 Å². The molecule has 2 amide bonds. The molecule has 3 N–H and O–H groups in total. The number of benzene rings is 2. The van der Waals surface area contributed by atoms with Gasteiger partial charge in [-0.05, 0) is 99.5 Å². The highest BCUT2D eigenvalue weighted by Crippen LogP contribution is 2.37. The Labute approximate surface area is 357 Å². The molecule has 61 heavy (non-hydrogen) atoms. The van der Waals surface area contributed by atoms with Gasteiger partial charge in [0.25, 0.3) is 0 Å². The van der Waals surface area contributed by atoms with E-state index in [2.05, 4.69) is 62.5 Å². The summed E-state index contributed by atoms with van der Waals surface area (Å²) >= 11 is 0. The summed E-state index contributed by atoms with van der Waals surface area (Å²) in [7, 11) is 1.72. The SMILES string of the molecule is CCCCNc1ncc2c(-c3ccc(CN4CCC(OCCCOCCCc5ccc6c(c5)n(C)c(=O)n6[C@H]5CCC(=O)NC5=O)CC4)cc3)cn([C@H]3CC[C@H](O)CC3)c2n1. The first-order valence-corrected chi connectivity index (χ1v) is 22.6. The number of nitrogens with zero attached hydrogens (tertiary/aromatic N) is 6. The maximum absolute atomic E-state index is 13.1. The average Bonchev–Trinajstić information content (AvgIpc) is 3.76. The molecule has 2 saturated heterocycles. The van der Waals surface area contributed by atoms with Crippen molar-refractivity contribution in [1.29, 1.82) is 0 Å². The van der Waals surface area contributed by atoms with Crippen LogP contribution in [0.3, 0.4) is 0 Å². The topological polar surface area (TPSA) is 158 Å². The number of fused-ring (bicyclic) bond motifs is 2. The highest BCUT2D eigenvalue weighted by atomic mass is 16.5. The van der Waals surface area contributed by atoms with E-state index in [4.69, 9.17) is 14.5 Å². The molecule has 1 saturated carbocycles. The number of hydrogen-bond donors (Lipinski definition) is 3. The monoisotopic (exact) mass is 834 g/mol. The van der Waals surface area contributed by atoms with Crippen LogP contribution in [0.15, 0.2) is 59.7 Å². The quantitative estimate of drug-likeness (QED) is 0.0664. The number of nitrogens with one attached hydrogen (secondary N) is 2. The molecule has 14 heteroatoms. The Morgan fingerprint density at radius 1 is 0.885 bits per heavy atom. The highest BCUT2D eigenvalue weighted by Gasteiger charge is 2.31. The first-order chi connectivity index (χ1) is 29.7. The summed E-state index contributed by atoms with van der Waals surface area (Å²) < 4.78 is 17.6. The van der Waals surface area contributed by atoms with Crippen molar-refractivity contribution in [3.05, 3.63) is 76.5 Å². The Kier molecular flexibility index (Phi) is 13.9. The summed E-state index contributed by atoms with van der Waals surface area (Å²) in [6.07, 6.45) is 15.2. The van der Waals surface area contributed by atoms with E-state index in [-0.39, 0.29) is 30.2 Å². The van der Waals surface area contributed by atoms with Crippen LogP contribution in [-0.2, 0) is 39.1 Å². The fraction of sp³-hybridized carbons (Fsp3) is 0.553. The fourth-order valence-corrected chi connectivity index (χ4v) is 9.30. The number of unbranched alkanes of at least 4 members (excludes halogenated alkanes) is 1. The van der Waals surface area contributed by atoms with Gasteiger partial charge in [-0.2, -0.15) is 4.98 Å². The van der Waals surface area contributed by atoms with E-state index in [9.17, 15) is 19.5 Å². The van der Waals surface area contributed by atoms with Crippen LogP contribution in [0.25, 0.3) is 33.2 Å². The van der Waals surface area contributed by atoms with E-state index >= 15 is 0 Å². The number of aliphatic hydroxyl groups is 1. The van der Waals surface area contributed by atoms with Gasteiger partial charge in [0, 0.05) is 88.9 Å². The van der Waals surface area contributed by atoms with Crippen molar-refractivity contribution in [1.82, 2.24) is 33.9 Å². The number of aryl methyl sites for hydroxylation is 2. The van der Waals surface area contributed by atoms with Crippen molar-refractivity contribution in [2.45, 2.75) is 121 Å². The number of carbonyl (C=O) groups is 2. The van der Waals surface area contributed by atoms with E-state index in [1.165, 1.54) is 15.7 Å². The van der Waals surface area contributed by atoms with Crippen LogP contribution in [0, 0.1) is 0 Å². The van der Waals surface area contributed by atoms with Gasteiger partial charge in [-0.25, -0.2) is 9.78 Å². The van der Waals surface area contributed by atoms with E-state index in [0.717, 1.165) is 124 Å². The normalized spacial score (nSPS) is 20.5. The summed E-state index contributed by atoms with van der Waals surface area (Å²) in [6, 6.07) is 14.5. The van der Waals surface area contributed by atoms with E-state index in [1.54, 1.807) is 11.6 Å². The molecule has 2 aromatic carbocycles. The first kappa shape index (κ1) is 42.8. The predicted octanol–water partition coefficient (Wildman–Crippen LogP) is 6.44. The molecule has 0 bridgehead atoms. The number of hydrogen-bond acceptors (Lipinski definition) is 10. The van der Waals surface area contributed by atoms with E-state index in [1.807, 2.05) is 24.4 Å². The molecule has 3 fully saturated rings. The standard InChI is InChI=1S/C47H62N8O6/c1-3-4-22-48-46-49-29-38-39(31-54(44(38)51-46)35-13-15-36(56)16-14-35)34-11-8-33(9-12-34)30-53-23-20-37(21-24-53)61-27-6-26-60-25-5-7-32-10-17-40-42(28-32)52(2)47(59)55(40)41-18-19-43(57)50-45(41)58/h8-12,17,28-29,31,35-37,41,56H,3-7,13-16,18-27,30H2,1-2H3,(H,48,49,51)(H,50,57,58)/t35-,36-,41-/m0/s1. The van der Waals surface area contributed by atoms with Gasteiger partial charge < -0.3 is 24.5 Å². The highest BCUT2D eigenvalue weighted by molar-refractivity contribution is 6.00. The third-order valence-electron chi connectivity index (χ3n) is 12.9. The molecule has 0 spiro atoms. The number of aromatic nitrogens is 5. The number of piperidine rings is 2. The van der Waals surface area contributed by atoms with Crippen LogP contribution in [0.2, 0.25) is 0 Å². The molecular weight excluding hydrogens is 773 g/mol. The maximum atomic E-state index is 13.1. The smallest absolute Gasteiger partial charge is 0.329 e. The lowest BCUT2D eigenvalue weighted by Crippen LogP contribution is -2.44. The second kappa shape index (κ2) is 19.9. The molecule has 5 aromatic rings. The Morgan fingerprint density at radius 3 is 2.43 bits per heavy atom.